The minimum absolute atomic E-state index is 0.213. The van der Waals surface area contributed by atoms with Gasteiger partial charge in [-0.05, 0) is 131 Å². The molecule has 0 spiro atoms. The van der Waals surface area contributed by atoms with Crippen molar-refractivity contribution in [3.05, 3.63) is 171 Å². The lowest BCUT2D eigenvalue weighted by Crippen LogP contribution is -2.02. The first-order valence-electron chi connectivity index (χ1n) is 21.7. The fraction of sp³-hybridized carbons (Fsp3) is 0.179. The van der Waals surface area contributed by atoms with Gasteiger partial charge in [-0.1, -0.05) is 109 Å². The Morgan fingerprint density at radius 1 is 0.531 bits per heavy atom. The monoisotopic (exact) mass is 842 g/mol. The van der Waals surface area contributed by atoms with E-state index >= 15 is 0 Å². The van der Waals surface area contributed by atoms with Crippen molar-refractivity contribution in [1.29, 1.82) is 0 Å². The minimum atomic E-state index is -0.285. The zero-order valence-corrected chi connectivity index (χ0v) is 37.1. The molecule has 4 aromatic carbocycles. The molecular formula is C56H50N4O4. The van der Waals surface area contributed by atoms with E-state index in [1.165, 1.54) is 35.8 Å². The van der Waals surface area contributed by atoms with Gasteiger partial charge in [-0.15, -0.1) is 0 Å². The molecule has 0 saturated heterocycles. The van der Waals surface area contributed by atoms with Gasteiger partial charge in [0, 0.05) is 46.0 Å². The van der Waals surface area contributed by atoms with E-state index in [2.05, 4.69) is 171 Å². The zero-order valence-electron chi connectivity index (χ0n) is 37.1. The quantitative estimate of drug-likeness (QED) is 0.133. The van der Waals surface area contributed by atoms with E-state index in [4.69, 9.17) is 19.4 Å². The number of carbonyl (C=O) groups is 2. The highest BCUT2D eigenvalue weighted by molar-refractivity contribution is 6.02. The smallest absolute Gasteiger partial charge is 0.305 e. The number of ether oxygens (including phenoxy) is 2. The lowest BCUT2D eigenvalue weighted by molar-refractivity contribution is -0.141. The van der Waals surface area contributed by atoms with Crippen molar-refractivity contribution in [2.75, 3.05) is 14.2 Å². The second-order valence-electron chi connectivity index (χ2n) is 16.5. The molecule has 0 unspecified atom stereocenters. The summed E-state index contributed by atoms with van der Waals surface area (Å²) in [6, 6.07) is 38.1. The molecule has 0 atom stereocenters. The van der Waals surface area contributed by atoms with E-state index in [0.717, 1.165) is 101 Å². The second-order valence-corrected chi connectivity index (χ2v) is 16.5. The third-order valence-corrected chi connectivity index (χ3v) is 12.8. The minimum Gasteiger partial charge on any atom is -0.469 e. The summed E-state index contributed by atoms with van der Waals surface area (Å²) in [7, 11) is 2.83. The molecule has 8 nitrogen and oxygen atoms in total. The summed E-state index contributed by atoms with van der Waals surface area (Å²) in [4.78, 5) is 43.2. The number of aromatic nitrogens is 4. The number of nitrogens with zero attached hydrogens (tertiary/aromatic N) is 2. The van der Waals surface area contributed by atoms with Crippen LogP contribution >= 0.6 is 0 Å². The summed E-state index contributed by atoms with van der Waals surface area (Å²) in [6.45, 7) is 8.41. The van der Waals surface area contributed by atoms with Gasteiger partial charge in [-0.3, -0.25) is 9.59 Å². The number of esters is 2. The molecule has 7 aromatic rings. The number of hydrogen-bond acceptors (Lipinski definition) is 6. The summed E-state index contributed by atoms with van der Waals surface area (Å²) in [5.41, 5.74) is 17.1. The van der Waals surface area contributed by atoms with Gasteiger partial charge in [0.1, 0.15) is 0 Å². The molecule has 2 aliphatic rings. The maximum absolute atomic E-state index is 12.5. The van der Waals surface area contributed by atoms with Crippen LogP contribution in [0, 0.1) is 13.8 Å². The van der Waals surface area contributed by atoms with Gasteiger partial charge in [0.2, 0.25) is 0 Å². The molecule has 2 N–H and O–H groups in total. The highest BCUT2D eigenvalue weighted by Gasteiger charge is 2.22. The molecule has 318 valence electrons. The van der Waals surface area contributed by atoms with E-state index in [0.29, 0.717) is 12.8 Å². The highest BCUT2D eigenvalue weighted by atomic mass is 16.5. The molecule has 0 fully saturated rings. The van der Waals surface area contributed by atoms with E-state index < -0.39 is 0 Å². The Morgan fingerprint density at radius 3 is 1.72 bits per heavy atom. The second kappa shape index (κ2) is 17.7. The summed E-state index contributed by atoms with van der Waals surface area (Å²) in [5.74, 6) is -0.568. The van der Waals surface area contributed by atoms with Crippen LogP contribution in [0.4, 0.5) is 0 Å². The third-order valence-electron chi connectivity index (χ3n) is 12.8. The van der Waals surface area contributed by atoms with Crippen molar-refractivity contribution in [3.63, 3.8) is 0 Å². The van der Waals surface area contributed by atoms with E-state index in [1.807, 2.05) is 0 Å². The van der Waals surface area contributed by atoms with Gasteiger partial charge in [-0.2, -0.15) is 0 Å². The molecule has 9 rings (SSSR count). The Labute approximate surface area is 372 Å². The van der Waals surface area contributed by atoms with Crippen molar-refractivity contribution in [1.82, 2.24) is 19.9 Å². The van der Waals surface area contributed by atoms with Crippen LogP contribution < -0.4 is 0 Å². The first-order valence-corrected chi connectivity index (χ1v) is 21.7. The normalized spacial score (nSPS) is 13.0. The molecule has 64 heavy (non-hydrogen) atoms. The van der Waals surface area contributed by atoms with Gasteiger partial charge in [0.05, 0.1) is 37.0 Å². The Kier molecular flexibility index (Phi) is 11.5. The van der Waals surface area contributed by atoms with Crippen molar-refractivity contribution in [2.45, 2.75) is 53.4 Å². The molecular weight excluding hydrogens is 793 g/mol. The van der Waals surface area contributed by atoms with Crippen LogP contribution in [0.5, 0.6) is 0 Å². The lowest BCUT2D eigenvalue weighted by Gasteiger charge is -2.04. The molecule has 5 heterocycles. The average molecular weight is 843 g/mol. The largest absolute Gasteiger partial charge is 0.469 e. The number of allylic oxidation sites excluding steroid dienone is 5. The number of fused-ring (bicyclic) bond motifs is 10. The maximum Gasteiger partial charge on any atom is 0.305 e. The Balaban J connectivity index is 1.32. The summed E-state index contributed by atoms with van der Waals surface area (Å²) in [5, 5.41) is 4.73. The van der Waals surface area contributed by atoms with Gasteiger partial charge in [0.25, 0.3) is 0 Å². The Morgan fingerprint density at radius 2 is 1.05 bits per heavy atom. The number of aryl methyl sites for hydroxylation is 3. The molecule has 0 aliphatic carbocycles. The SMILES string of the molecule is COC(=O)CCC1=C(C)c2cc3[nH]c(cc4nc(cc5[nH]c(cc1n2)c(CCC(=O)OC)c5C)C(/C=C/c1cccc2ccccc12)=C4C)c(/C=C/c1cccc2ccccc12)c3C. The number of carbonyl (C=O) groups excluding carboxylic acids is 2. The first kappa shape index (κ1) is 41.8. The lowest BCUT2D eigenvalue weighted by atomic mass is 10.00. The van der Waals surface area contributed by atoms with Gasteiger partial charge in [0.15, 0.2) is 0 Å². The molecule has 0 saturated carbocycles. The van der Waals surface area contributed by atoms with Crippen LogP contribution in [0.2, 0.25) is 0 Å². The van der Waals surface area contributed by atoms with Gasteiger partial charge < -0.3 is 19.4 Å². The summed E-state index contributed by atoms with van der Waals surface area (Å²) >= 11 is 0. The molecule has 8 bridgehead atoms. The number of methoxy groups -OCH3 is 2. The third kappa shape index (κ3) is 8.11. The van der Waals surface area contributed by atoms with E-state index in [1.54, 1.807) is 0 Å². The summed E-state index contributed by atoms with van der Waals surface area (Å²) < 4.78 is 10.1. The number of H-pyrrole nitrogens is 2. The standard InChI is InChI=1S/C56H50N4O4/c1-33-41(23-21-39-17-11-15-37-13-7-9-19-45(37)39)51-30-49-34(2)42(24-22-40-18-12-16-38-14-8-10-20-46(38)40)52(59-49)31-50-36(4)44(26-28-56(62)64-6)54(60-50)32-53-43(25-27-55(61)63-5)35(3)48(58-53)29-47(33)57-51/h7-24,29-32,57,60H,25-28H2,1-6H3/b23-21+,24-22+,47-29?,48-29?,49-30?,50-31?,51-30?,52-31?,53-32?,54-32?. The van der Waals surface area contributed by atoms with Crippen molar-refractivity contribution < 1.29 is 19.1 Å². The topological polar surface area (TPSA) is 110 Å². The van der Waals surface area contributed by atoms with Crippen LogP contribution in [0.1, 0.15) is 89.3 Å². The molecule has 8 heteroatoms. The fourth-order valence-corrected chi connectivity index (χ4v) is 9.01. The maximum atomic E-state index is 12.5. The number of rotatable bonds is 10. The van der Waals surface area contributed by atoms with Crippen LogP contribution in [0.3, 0.4) is 0 Å². The van der Waals surface area contributed by atoms with E-state index in [9.17, 15) is 9.59 Å². The predicted octanol–water partition coefficient (Wildman–Crippen LogP) is 13.0. The van der Waals surface area contributed by atoms with Gasteiger partial charge >= 0.3 is 11.9 Å². The van der Waals surface area contributed by atoms with E-state index in [-0.39, 0.29) is 24.8 Å². The van der Waals surface area contributed by atoms with Crippen molar-refractivity contribution in [3.8, 4) is 0 Å². The molecule has 0 radical (unpaired) electrons. The van der Waals surface area contributed by atoms with Crippen molar-refractivity contribution in [2.24, 2.45) is 0 Å². The molecule has 3 aromatic heterocycles. The number of aromatic amines is 2. The van der Waals surface area contributed by atoms with Gasteiger partial charge in [-0.25, -0.2) is 9.97 Å². The number of benzene rings is 4. The van der Waals surface area contributed by atoms with Crippen LogP contribution in [-0.2, 0) is 25.5 Å². The summed E-state index contributed by atoms with van der Waals surface area (Å²) in [6.07, 6.45) is 10.1. The van der Waals surface area contributed by atoms with Crippen LogP contribution in [0.15, 0.2) is 115 Å². The van der Waals surface area contributed by atoms with Crippen LogP contribution in [-0.4, -0.2) is 46.1 Å². The number of hydrogen-bond donors (Lipinski definition) is 2. The average Bonchev–Trinajstić information content (AvgIpc) is 3.97. The Bertz CT molecular complexity index is 3330. The van der Waals surface area contributed by atoms with Crippen LogP contribution in [0.25, 0.3) is 84.1 Å². The first-order chi connectivity index (χ1) is 31.1. The predicted molar refractivity (Wildman–Crippen MR) is 263 cm³/mol. The fourth-order valence-electron chi connectivity index (χ4n) is 9.01. The van der Waals surface area contributed by atoms with Crippen molar-refractivity contribution >= 4 is 96.1 Å². The Hall–Kier alpha value is -7.58. The molecule has 2 aliphatic heterocycles. The molecule has 0 amide bonds. The zero-order chi connectivity index (χ0) is 44.5. The number of nitrogens with one attached hydrogen (secondary N) is 2. The highest BCUT2D eigenvalue weighted by Crippen LogP contribution is 2.37.